The molecule has 0 bridgehead atoms. The summed E-state index contributed by atoms with van der Waals surface area (Å²) in [4.78, 5) is 24.9. The normalized spacial score (nSPS) is 19.9. The summed E-state index contributed by atoms with van der Waals surface area (Å²) in [5.74, 6) is -5.51. The van der Waals surface area contributed by atoms with Crippen molar-refractivity contribution in [3.05, 3.63) is 65.0 Å². The molecule has 2 atom stereocenters. The third kappa shape index (κ3) is 9.01. The summed E-state index contributed by atoms with van der Waals surface area (Å²) in [6.45, 7) is 4.97. The molecular weight excluding hydrogens is 510 g/mol. The minimum Gasteiger partial charge on any atom is -0.475 e. The van der Waals surface area contributed by atoms with Gasteiger partial charge in [-0.2, -0.15) is 26.3 Å². The van der Waals surface area contributed by atoms with Crippen LogP contribution in [0.5, 0.6) is 0 Å². The van der Waals surface area contributed by atoms with E-state index in [0.717, 1.165) is 31.9 Å². The minimum atomic E-state index is -5.08. The van der Waals surface area contributed by atoms with E-state index in [4.69, 9.17) is 24.5 Å². The Balaban J connectivity index is 0.000000286. The van der Waals surface area contributed by atoms with Crippen LogP contribution in [0, 0.1) is 6.92 Å². The molecule has 2 aromatic rings. The standard InChI is InChI=1S/C20H24N2O.2C2HF3O2/c1-15-13-17(8-10-21-15)20-19-7-3-2-5-16(19)6-4-11-22(20)18-9-12-23-14-18;2*3-2(4,5)1(6)7/h2-3,5,7-8,10,13,18,20H,4,6,9,11-12,14H2,1H3;2*(H,6,7). The molecule has 37 heavy (non-hydrogen) atoms. The van der Waals surface area contributed by atoms with Crippen molar-refractivity contribution < 1.29 is 50.9 Å². The first-order valence-corrected chi connectivity index (χ1v) is 11.2. The van der Waals surface area contributed by atoms with Gasteiger partial charge in [-0.05, 0) is 61.6 Å². The van der Waals surface area contributed by atoms with Gasteiger partial charge in [0.1, 0.15) is 0 Å². The van der Waals surface area contributed by atoms with Crippen LogP contribution in [0.1, 0.15) is 41.3 Å². The number of aryl methyl sites for hydroxylation is 2. The molecule has 1 fully saturated rings. The summed E-state index contributed by atoms with van der Waals surface area (Å²) in [6, 6.07) is 14.2. The van der Waals surface area contributed by atoms with Gasteiger partial charge >= 0.3 is 24.3 Å². The van der Waals surface area contributed by atoms with E-state index in [0.29, 0.717) is 12.1 Å². The Hall–Kier alpha value is -3.19. The Morgan fingerprint density at radius 3 is 2.14 bits per heavy atom. The van der Waals surface area contributed by atoms with E-state index >= 15 is 0 Å². The summed E-state index contributed by atoms with van der Waals surface area (Å²) in [5, 5.41) is 14.2. The molecule has 13 heteroatoms. The molecule has 1 aromatic carbocycles. The summed E-state index contributed by atoms with van der Waals surface area (Å²) in [5.41, 5.74) is 5.40. The molecule has 3 heterocycles. The number of carboxylic acid groups (broad SMARTS) is 2. The maximum atomic E-state index is 10.6. The van der Waals surface area contributed by atoms with Crippen molar-refractivity contribution in [2.75, 3.05) is 19.8 Å². The Morgan fingerprint density at radius 2 is 1.62 bits per heavy atom. The maximum Gasteiger partial charge on any atom is 0.490 e. The number of carboxylic acids is 2. The van der Waals surface area contributed by atoms with E-state index in [2.05, 4.69) is 53.2 Å². The van der Waals surface area contributed by atoms with Crippen LogP contribution in [0.4, 0.5) is 26.3 Å². The van der Waals surface area contributed by atoms with E-state index < -0.39 is 24.3 Å². The second-order valence-electron chi connectivity index (χ2n) is 8.30. The molecule has 2 aliphatic rings. The van der Waals surface area contributed by atoms with Crippen molar-refractivity contribution in [2.45, 2.75) is 50.6 Å². The fourth-order valence-corrected chi connectivity index (χ4v) is 4.07. The molecule has 2 N–H and O–H groups in total. The molecule has 0 amide bonds. The zero-order valence-electron chi connectivity index (χ0n) is 19.7. The lowest BCUT2D eigenvalue weighted by Gasteiger charge is -2.35. The average Bonchev–Trinajstić information content (AvgIpc) is 3.26. The zero-order valence-corrected chi connectivity index (χ0v) is 19.7. The molecule has 1 saturated heterocycles. The van der Waals surface area contributed by atoms with Crippen LogP contribution in [0.25, 0.3) is 0 Å². The number of carbonyl (C=O) groups is 2. The second-order valence-corrected chi connectivity index (χ2v) is 8.30. The number of aromatic nitrogens is 1. The van der Waals surface area contributed by atoms with Crippen LogP contribution in [0.3, 0.4) is 0 Å². The van der Waals surface area contributed by atoms with Crippen LogP contribution in [-0.4, -0.2) is 70.2 Å². The molecule has 4 rings (SSSR count). The Labute approximate surface area is 208 Å². The number of nitrogens with zero attached hydrogens (tertiary/aromatic N) is 2. The summed E-state index contributed by atoms with van der Waals surface area (Å²) < 4.78 is 69.2. The molecular formula is C24H26F6N2O5. The Bertz CT molecular complexity index is 1030. The fourth-order valence-electron chi connectivity index (χ4n) is 4.07. The van der Waals surface area contributed by atoms with Crippen molar-refractivity contribution in [3.8, 4) is 0 Å². The van der Waals surface area contributed by atoms with Crippen LogP contribution in [-0.2, 0) is 20.7 Å². The molecule has 0 radical (unpaired) electrons. The van der Waals surface area contributed by atoms with Gasteiger partial charge in [0.2, 0.25) is 0 Å². The average molecular weight is 536 g/mol. The first-order chi connectivity index (χ1) is 17.2. The number of hydrogen-bond donors (Lipinski definition) is 2. The number of aliphatic carboxylic acids is 2. The summed E-state index contributed by atoms with van der Waals surface area (Å²) in [6.07, 6.45) is -4.70. The highest BCUT2D eigenvalue weighted by atomic mass is 19.4. The zero-order chi connectivity index (χ0) is 27.8. The number of rotatable bonds is 2. The monoisotopic (exact) mass is 536 g/mol. The van der Waals surface area contributed by atoms with Crippen LogP contribution in [0.2, 0.25) is 0 Å². The smallest absolute Gasteiger partial charge is 0.475 e. The molecule has 2 aliphatic heterocycles. The van der Waals surface area contributed by atoms with Gasteiger partial charge in [-0.3, -0.25) is 9.88 Å². The SMILES string of the molecule is Cc1cc(C2c3ccccc3CCCN2C2CCOC2)ccn1.O=C(O)C(F)(F)F.O=C(O)C(F)(F)F. The van der Waals surface area contributed by atoms with Gasteiger partial charge in [0.25, 0.3) is 0 Å². The lowest BCUT2D eigenvalue weighted by molar-refractivity contribution is -0.193. The number of hydrogen-bond acceptors (Lipinski definition) is 5. The van der Waals surface area contributed by atoms with Crippen molar-refractivity contribution in [3.63, 3.8) is 0 Å². The van der Waals surface area contributed by atoms with Crippen molar-refractivity contribution in [2.24, 2.45) is 0 Å². The molecule has 0 aliphatic carbocycles. The molecule has 0 saturated carbocycles. The summed E-state index contributed by atoms with van der Waals surface area (Å²) in [7, 11) is 0. The molecule has 0 spiro atoms. The van der Waals surface area contributed by atoms with Crippen LogP contribution >= 0.6 is 0 Å². The van der Waals surface area contributed by atoms with E-state index in [-0.39, 0.29) is 0 Å². The van der Waals surface area contributed by atoms with Gasteiger partial charge in [-0.25, -0.2) is 9.59 Å². The molecule has 2 unspecified atom stereocenters. The quantitative estimate of drug-likeness (QED) is 0.533. The first kappa shape index (κ1) is 30.0. The number of halogens is 6. The number of pyridine rings is 1. The topological polar surface area (TPSA) is 100.0 Å². The number of alkyl halides is 6. The highest BCUT2D eigenvalue weighted by Crippen LogP contribution is 2.37. The highest BCUT2D eigenvalue weighted by Gasteiger charge is 2.39. The number of ether oxygens (including phenoxy) is 1. The van der Waals surface area contributed by atoms with Crippen molar-refractivity contribution in [1.82, 2.24) is 9.88 Å². The van der Waals surface area contributed by atoms with E-state index in [1.54, 1.807) is 0 Å². The number of fused-ring (bicyclic) bond motifs is 1. The fraction of sp³-hybridized carbons (Fsp3) is 0.458. The van der Waals surface area contributed by atoms with Gasteiger partial charge in [-0.1, -0.05) is 24.3 Å². The Kier molecular flexibility index (Phi) is 10.4. The van der Waals surface area contributed by atoms with Crippen LogP contribution < -0.4 is 0 Å². The molecule has 1 aromatic heterocycles. The predicted molar refractivity (Wildman–Crippen MR) is 119 cm³/mol. The third-order valence-corrected chi connectivity index (χ3v) is 5.64. The summed E-state index contributed by atoms with van der Waals surface area (Å²) >= 11 is 0. The third-order valence-electron chi connectivity index (χ3n) is 5.64. The first-order valence-electron chi connectivity index (χ1n) is 11.2. The van der Waals surface area contributed by atoms with Crippen LogP contribution in [0.15, 0.2) is 42.6 Å². The van der Waals surface area contributed by atoms with E-state index in [1.807, 2.05) is 6.20 Å². The molecule has 7 nitrogen and oxygen atoms in total. The second kappa shape index (κ2) is 12.9. The largest absolute Gasteiger partial charge is 0.490 e. The Morgan fingerprint density at radius 1 is 1.03 bits per heavy atom. The maximum absolute atomic E-state index is 10.6. The van der Waals surface area contributed by atoms with Gasteiger partial charge in [0.15, 0.2) is 0 Å². The highest BCUT2D eigenvalue weighted by molar-refractivity contribution is 5.73. The van der Waals surface area contributed by atoms with Gasteiger partial charge in [0.05, 0.1) is 12.6 Å². The van der Waals surface area contributed by atoms with Crippen molar-refractivity contribution >= 4 is 11.9 Å². The van der Waals surface area contributed by atoms with E-state index in [9.17, 15) is 26.3 Å². The minimum absolute atomic E-state index is 0.321. The predicted octanol–water partition coefficient (Wildman–Crippen LogP) is 4.78. The lowest BCUT2D eigenvalue weighted by Crippen LogP contribution is -2.39. The van der Waals surface area contributed by atoms with Gasteiger partial charge in [0, 0.05) is 24.5 Å². The lowest BCUT2D eigenvalue weighted by atomic mass is 9.92. The van der Waals surface area contributed by atoms with E-state index in [1.165, 1.54) is 29.5 Å². The number of benzene rings is 1. The van der Waals surface area contributed by atoms with Gasteiger partial charge < -0.3 is 14.9 Å². The molecule has 204 valence electrons. The van der Waals surface area contributed by atoms with Gasteiger partial charge in [-0.15, -0.1) is 0 Å². The van der Waals surface area contributed by atoms with Crippen molar-refractivity contribution in [1.29, 1.82) is 0 Å².